The van der Waals surface area contributed by atoms with Crippen LogP contribution in [0.25, 0.3) is 0 Å². The predicted octanol–water partition coefficient (Wildman–Crippen LogP) is 4.44. The average Bonchev–Trinajstić information content (AvgIpc) is 3.01. The van der Waals surface area contributed by atoms with Gasteiger partial charge in [0.2, 0.25) is 6.79 Å². The van der Waals surface area contributed by atoms with Crippen LogP contribution in [0.3, 0.4) is 0 Å². The molecule has 0 saturated heterocycles. The van der Waals surface area contributed by atoms with Crippen LogP contribution in [0.1, 0.15) is 42.4 Å². The fraction of sp³-hybridized carbons (Fsp3) is 0.375. The highest BCUT2D eigenvalue weighted by molar-refractivity contribution is 5.97. The van der Waals surface area contributed by atoms with E-state index in [9.17, 15) is 23.2 Å². The number of aromatic nitrogens is 1. The molecule has 0 fully saturated rings. The van der Waals surface area contributed by atoms with E-state index in [-0.39, 0.29) is 54.6 Å². The van der Waals surface area contributed by atoms with Crippen molar-refractivity contribution in [2.45, 2.75) is 45.4 Å². The number of amides is 1. The summed E-state index contributed by atoms with van der Waals surface area (Å²) in [5.74, 6) is -2.18. The highest BCUT2D eigenvalue weighted by Crippen LogP contribution is 2.30. The van der Waals surface area contributed by atoms with Crippen molar-refractivity contribution < 1.29 is 46.8 Å². The highest BCUT2D eigenvalue weighted by atomic mass is 19.1. The number of esters is 1. The number of ether oxygens (including phenoxy) is 5. The smallest absolute Gasteiger partial charge is 0.305 e. The van der Waals surface area contributed by atoms with Crippen LogP contribution in [0.5, 0.6) is 11.5 Å². The minimum absolute atomic E-state index is 0.0750. The number of carbonyl (C=O) groups is 3. The summed E-state index contributed by atoms with van der Waals surface area (Å²) < 4.78 is 54.3. The molecular weight excluding hydrogens is 578 g/mol. The SMILES string of the molecule is COc1ccnc(C(=O)N[C@](C)(C=O)CO[C@@H](C)[C@@H](COCc2ccc(F)cc2)Cc2ccc(F)cc2)c1OCOC(C)=O. The van der Waals surface area contributed by atoms with Crippen molar-refractivity contribution in [2.75, 3.05) is 27.1 Å². The lowest BCUT2D eigenvalue weighted by Gasteiger charge is -2.30. The molecule has 236 valence electrons. The fourth-order valence-electron chi connectivity index (χ4n) is 4.12. The molecule has 0 aliphatic rings. The van der Waals surface area contributed by atoms with Gasteiger partial charge in [-0.1, -0.05) is 24.3 Å². The molecule has 12 heteroatoms. The lowest BCUT2D eigenvalue weighted by atomic mass is 9.95. The fourth-order valence-corrected chi connectivity index (χ4v) is 4.12. The average molecular weight is 615 g/mol. The van der Waals surface area contributed by atoms with Gasteiger partial charge < -0.3 is 33.8 Å². The van der Waals surface area contributed by atoms with E-state index in [1.807, 2.05) is 6.92 Å². The maximum absolute atomic E-state index is 13.5. The van der Waals surface area contributed by atoms with Crippen LogP contribution >= 0.6 is 0 Å². The second kappa shape index (κ2) is 16.4. The van der Waals surface area contributed by atoms with Crippen molar-refractivity contribution in [3.8, 4) is 11.5 Å². The van der Waals surface area contributed by atoms with Crippen LogP contribution in [0.4, 0.5) is 8.78 Å². The van der Waals surface area contributed by atoms with Gasteiger partial charge in [-0.05, 0) is 55.7 Å². The van der Waals surface area contributed by atoms with Crippen molar-refractivity contribution in [1.82, 2.24) is 10.3 Å². The van der Waals surface area contributed by atoms with Crippen LogP contribution in [0.15, 0.2) is 60.8 Å². The molecule has 1 amide bonds. The van der Waals surface area contributed by atoms with E-state index in [1.54, 1.807) is 24.3 Å². The summed E-state index contributed by atoms with van der Waals surface area (Å²) in [5.41, 5.74) is -0.0206. The van der Waals surface area contributed by atoms with Gasteiger partial charge in [-0.3, -0.25) is 9.59 Å². The highest BCUT2D eigenvalue weighted by Gasteiger charge is 2.32. The van der Waals surface area contributed by atoms with E-state index in [0.29, 0.717) is 12.7 Å². The largest absolute Gasteiger partial charge is 0.493 e. The topological polar surface area (TPSA) is 122 Å². The van der Waals surface area contributed by atoms with Gasteiger partial charge >= 0.3 is 5.97 Å². The molecule has 3 atom stereocenters. The van der Waals surface area contributed by atoms with Crippen molar-refractivity contribution >= 4 is 18.2 Å². The Morgan fingerprint density at radius 3 is 2.25 bits per heavy atom. The summed E-state index contributed by atoms with van der Waals surface area (Å²) >= 11 is 0. The van der Waals surface area contributed by atoms with E-state index in [1.165, 1.54) is 57.5 Å². The number of aldehydes is 1. The monoisotopic (exact) mass is 614 g/mol. The molecule has 0 radical (unpaired) electrons. The van der Waals surface area contributed by atoms with Gasteiger partial charge in [-0.15, -0.1) is 0 Å². The Morgan fingerprint density at radius 2 is 1.66 bits per heavy atom. The van der Waals surface area contributed by atoms with E-state index < -0.39 is 30.3 Å². The van der Waals surface area contributed by atoms with Gasteiger partial charge in [0.05, 0.1) is 33.0 Å². The standard InChI is InChI=1S/C32H36F2N2O8/c1-21(25(15-23-5-9-26(33)10-6-23)17-41-16-24-7-11-27(34)12-8-24)42-19-32(3,18-37)36-31(39)29-30(44-20-43-22(2)38)28(40-4)13-14-35-29/h5-14,18,21,25H,15-17,19-20H2,1-4H3,(H,36,39)/t21-,25+,32+/m0/s1. The Morgan fingerprint density at radius 1 is 1.02 bits per heavy atom. The molecule has 2 aromatic carbocycles. The first-order chi connectivity index (χ1) is 21.0. The summed E-state index contributed by atoms with van der Waals surface area (Å²) in [6.07, 6.45) is 1.89. The molecule has 3 aromatic rings. The van der Waals surface area contributed by atoms with Gasteiger partial charge in [0.1, 0.15) is 23.5 Å². The third kappa shape index (κ3) is 10.4. The molecule has 0 spiro atoms. The first-order valence-corrected chi connectivity index (χ1v) is 13.8. The normalized spacial score (nSPS) is 13.7. The van der Waals surface area contributed by atoms with Crippen LogP contribution in [-0.4, -0.2) is 61.9 Å². The maximum atomic E-state index is 13.5. The van der Waals surface area contributed by atoms with Crippen molar-refractivity contribution in [1.29, 1.82) is 0 Å². The van der Waals surface area contributed by atoms with Crippen molar-refractivity contribution in [2.24, 2.45) is 5.92 Å². The van der Waals surface area contributed by atoms with Gasteiger partial charge in [0.25, 0.3) is 5.91 Å². The zero-order valence-corrected chi connectivity index (χ0v) is 25.0. The second-order valence-corrected chi connectivity index (χ2v) is 10.3. The summed E-state index contributed by atoms with van der Waals surface area (Å²) in [6.45, 7) is 4.31. The Balaban J connectivity index is 1.69. The molecule has 1 N–H and O–H groups in total. The van der Waals surface area contributed by atoms with Gasteiger partial charge in [0.15, 0.2) is 17.2 Å². The Hall–Kier alpha value is -4.42. The van der Waals surface area contributed by atoms with Crippen LogP contribution in [0, 0.1) is 17.6 Å². The Kier molecular flexibility index (Phi) is 12.7. The number of nitrogens with zero attached hydrogens (tertiary/aromatic N) is 1. The van der Waals surface area contributed by atoms with Crippen molar-refractivity contribution in [3.63, 3.8) is 0 Å². The molecule has 44 heavy (non-hydrogen) atoms. The molecular formula is C32H36F2N2O8. The Bertz CT molecular complexity index is 1390. The zero-order valence-electron chi connectivity index (χ0n) is 25.0. The number of benzene rings is 2. The van der Waals surface area contributed by atoms with Crippen LogP contribution < -0.4 is 14.8 Å². The molecule has 10 nitrogen and oxygen atoms in total. The first-order valence-electron chi connectivity index (χ1n) is 13.8. The summed E-state index contributed by atoms with van der Waals surface area (Å²) in [4.78, 5) is 40.6. The molecule has 3 rings (SSSR count). The van der Waals surface area contributed by atoms with Crippen LogP contribution in [-0.2, 0) is 36.8 Å². The molecule has 1 aromatic heterocycles. The zero-order chi connectivity index (χ0) is 32.1. The van der Waals surface area contributed by atoms with Crippen molar-refractivity contribution in [3.05, 3.63) is 89.2 Å². The van der Waals surface area contributed by atoms with Gasteiger partial charge in [-0.2, -0.15) is 0 Å². The molecule has 0 aliphatic carbocycles. The Labute approximate surface area is 254 Å². The quantitative estimate of drug-likeness (QED) is 0.134. The lowest BCUT2D eigenvalue weighted by molar-refractivity contribution is -0.147. The summed E-state index contributed by atoms with van der Waals surface area (Å²) in [7, 11) is 1.37. The molecule has 0 saturated carbocycles. The van der Waals surface area contributed by atoms with E-state index in [4.69, 9.17) is 23.7 Å². The first kappa shape index (κ1) is 34.1. The van der Waals surface area contributed by atoms with Gasteiger partial charge in [-0.25, -0.2) is 13.8 Å². The number of hydrogen-bond donors (Lipinski definition) is 1. The minimum atomic E-state index is -1.47. The number of rotatable bonds is 17. The molecule has 0 bridgehead atoms. The minimum Gasteiger partial charge on any atom is -0.493 e. The number of halogens is 2. The van der Waals surface area contributed by atoms with E-state index >= 15 is 0 Å². The third-order valence-electron chi connectivity index (χ3n) is 6.66. The van der Waals surface area contributed by atoms with E-state index in [2.05, 4.69) is 10.3 Å². The number of hydrogen-bond acceptors (Lipinski definition) is 9. The van der Waals surface area contributed by atoms with E-state index in [0.717, 1.165) is 11.1 Å². The number of nitrogens with one attached hydrogen (secondary N) is 1. The molecule has 1 heterocycles. The maximum Gasteiger partial charge on any atom is 0.305 e. The number of methoxy groups -OCH3 is 1. The number of carbonyl (C=O) groups excluding carboxylic acids is 3. The van der Waals surface area contributed by atoms with Gasteiger partial charge in [0, 0.05) is 25.1 Å². The predicted molar refractivity (Wildman–Crippen MR) is 155 cm³/mol. The molecule has 0 aliphatic heterocycles. The molecule has 0 unspecified atom stereocenters. The number of pyridine rings is 1. The summed E-state index contributed by atoms with van der Waals surface area (Å²) in [6, 6.07) is 13.5. The van der Waals surface area contributed by atoms with Crippen LogP contribution in [0.2, 0.25) is 0 Å². The second-order valence-electron chi connectivity index (χ2n) is 10.3. The summed E-state index contributed by atoms with van der Waals surface area (Å²) in [5, 5.41) is 2.63. The third-order valence-corrected chi connectivity index (χ3v) is 6.66. The lowest BCUT2D eigenvalue weighted by Crippen LogP contribution is -2.52.